The van der Waals surface area contributed by atoms with E-state index in [4.69, 9.17) is 26.8 Å². The molecular weight excluding hydrogens is 1900 g/mol. The molecule has 21 nitrogen and oxygen atoms in total. The van der Waals surface area contributed by atoms with Gasteiger partial charge in [-0.05, 0) is 232 Å². The molecule has 0 aliphatic heterocycles. The number of carboxylic acid groups (broad SMARTS) is 2. The molecule has 0 bridgehead atoms. The normalized spacial score (nSPS) is 15.3. The van der Waals surface area contributed by atoms with E-state index >= 15 is 0 Å². The van der Waals surface area contributed by atoms with Crippen LogP contribution >= 0.6 is 11.6 Å². The number of hydrogen-bond acceptors (Lipinski definition) is 19. The summed E-state index contributed by atoms with van der Waals surface area (Å²) in [6.07, 6.45) is 10.1. The Bertz CT molecular complexity index is 5000. The zero-order chi connectivity index (χ0) is 104. The molecule has 4 aromatic carbocycles. The Balaban J connectivity index is 0.000000281. The van der Waals surface area contributed by atoms with Crippen LogP contribution in [0.15, 0.2) is 146 Å². The number of aliphatic carboxylic acids is 2. The predicted molar refractivity (Wildman–Crippen MR) is 541 cm³/mol. The predicted octanol–water partition coefficient (Wildman–Crippen LogP) is 26.8. The molecule has 4 aromatic heterocycles. The first kappa shape index (κ1) is 122. The number of rotatable bonds is 36. The third-order valence-electron chi connectivity index (χ3n) is 25.6. The first-order valence-corrected chi connectivity index (χ1v) is 50.2. The summed E-state index contributed by atoms with van der Waals surface area (Å²) in [6, 6.07) is 35.1. The molecule has 4 aliphatic rings. The van der Waals surface area contributed by atoms with Crippen molar-refractivity contribution in [2.24, 2.45) is 23.7 Å². The minimum absolute atomic E-state index is 0. The van der Waals surface area contributed by atoms with Gasteiger partial charge in [0.2, 0.25) is 0 Å². The third-order valence-corrected chi connectivity index (χ3v) is 25.8. The number of ether oxygens (including phenoxy) is 2. The van der Waals surface area contributed by atoms with E-state index in [-0.39, 0.29) is 95.1 Å². The summed E-state index contributed by atoms with van der Waals surface area (Å²) in [4.78, 5) is 71.4. The van der Waals surface area contributed by atoms with Crippen molar-refractivity contribution in [3.63, 3.8) is 0 Å². The summed E-state index contributed by atoms with van der Waals surface area (Å²) in [5.74, 6) is 0.303. The molecule has 8 N–H and O–H groups in total. The van der Waals surface area contributed by atoms with E-state index in [1.165, 1.54) is 108 Å². The maximum Gasteiger partial charge on any atom is 1.00 e. The molecular formula is C108H146ClF12N12NaO9. The zero-order valence-corrected chi connectivity index (χ0v) is 88.1. The van der Waals surface area contributed by atoms with Gasteiger partial charge < -0.3 is 66.4 Å². The second kappa shape index (κ2) is 58.5. The number of hydrogen-bond donors (Lipinski definition) is 6. The van der Waals surface area contributed by atoms with Crippen molar-refractivity contribution < 1.29 is 127 Å². The zero-order valence-electron chi connectivity index (χ0n) is 85.4. The number of pyridine rings is 4. The van der Waals surface area contributed by atoms with Gasteiger partial charge in [0.1, 0.15) is 22.6 Å². The molecule has 0 saturated heterocycles. The number of esters is 2. The summed E-state index contributed by atoms with van der Waals surface area (Å²) < 4.78 is 163. The Morgan fingerprint density at radius 3 is 0.818 bits per heavy atom. The van der Waals surface area contributed by atoms with Gasteiger partial charge in [-0.25, -0.2) is 19.9 Å². The van der Waals surface area contributed by atoms with Crippen LogP contribution in [0, 0.1) is 23.7 Å². The molecule has 0 radical (unpaired) electrons. The van der Waals surface area contributed by atoms with Crippen molar-refractivity contribution in [2.75, 3.05) is 80.7 Å². The van der Waals surface area contributed by atoms with Crippen LogP contribution in [0.2, 0.25) is 5.15 Å². The Kier molecular flexibility index (Phi) is 49.8. The fraction of sp³-hybridized carbons (Fsp3) is 0.556. The van der Waals surface area contributed by atoms with Crippen LogP contribution in [0.4, 0.5) is 116 Å². The van der Waals surface area contributed by atoms with Crippen molar-refractivity contribution in [3.05, 3.63) is 196 Å². The molecule has 0 spiro atoms. The van der Waals surface area contributed by atoms with E-state index in [0.717, 1.165) is 181 Å². The number of anilines is 11. The summed E-state index contributed by atoms with van der Waals surface area (Å²) in [5, 5.41) is 28.2. The number of benzene rings is 4. The molecule has 143 heavy (non-hydrogen) atoms. The van der Waals surface area contributed by atoms with E-state index < -0.39 is 58.9 Å². The fourth-order valence-corrected chi connectivity index (χ4v) is 18.6. The van der Waals surface area contributed by atoms with Crippen molar-refractivity contribution in [1.29, 1.82) is 0 Å². The molecule has 0 amide bonds. The number of halogens is 13. The summed E-state index contributed by atoms with van der Waals surface area (Å²) in [6.45, 7) is 33.3. The number of carbonyl (C=O) groups excluding carboxylic acids is 2. The van der Waals surface area contributed by atoms with E-state index in [1.54, 1.807) is 6.92 Å². The SMILES string of the molecule is CC(C)CN(c1ccc([C@H](C)CC(=O)O)cc1Nc1ccc(C(F)(F)F)cn1)C1CCCCC1.CC(C)CN(c1ccc([C@H](C)CC(=O)O)cc1Nc1ccc(C(F)(F)F)cn1)C1CCCCC1.CCOC(=O)C[C@@H](C)c1ccc(N(CC(C)C)C2CCCCC2)c(N)c1.CCOC(=O)C[C@@H](C)c1ccc(N(CC(C)C)C2CCCCC2)c(Nc2ccc(C(F)(F)F)cn2)c1.FC(F)(F)c1ccc(Cl)nc1.[Na+].[OH-]. The number of aromatic nitrogens is 4. The van der Waals surface area contributed by atoms with Gasteiger partial charge in [0, 0.05) is 75.1 Å². The number of nitrogen functional groups attached to an aromatic ring is 1. The Morgan fingerprint density at radius 2 is 0.601 bits per heavy atom. The van der Waals surface area contributed by atoms with Gasteiger partial charge in [-0.1, -0.05) is 196 Å². The molecule has 8 aromatic rings. The van der Waals surface area contributed by atoms with E-state index in [9.17, 15) is 82.1 Å². The van der Waals surface area contributed by atoms with Gasteiger partial charge in [-0.3, -0.25) is 19.2 Å². The number of alkyl halides is 12. The van der Waals surface area contributed by atoms with Crippen molar-refractivity contribution >= 4 is 98.4 Å². The number of carboxylic acids is 2. The summed E-state index contributed by atoms with van der Waals surface area (Å²) in [5.41, 5.74) is 14.2. The minimum atomic E-state index is -4.45. The fourth-order valence-electron chi connectivity index (χ4n) is 18.5. The van der Waals surface area contributed by atoms with Crippen molar-refractivity contribution in [1.82, 2.24) is 19.9 Å². The number of nitrogens with zero attached hydrogens (tertiary/aromatic N) is 8. The maximum atomic E-state index is 13.0. The smallest absolute Gasteiger partial charge is 0.870 e. The van der Waals surface area contributed by atoms with Crippen molar-refractivity contribution in [2.45, 2.75) is 324 Å². The monoisotopic (exact) mass is 2040 g/mol. The van der Waals surface area contributed by atoms with Crippen LogP contribution in [-0.2, 0) is 53.4 Å². The quantitative estimate of drug-likeness (QED) is 0.00699. The Labute approximate surface area is 863 Å². The van der Waals surface area contributed by atoms with Crippen LogP contribution in [0.1, 0.15) is 319 Å². The summed E-state index contributed by atoms with van der Waals surface area (Å²) >= 11 is 5.28. The molecule has 4 saturated carbocycles. The summed E-state index contributed by atoms with van der Waals surface area (Å²) in [7, 11) is 0. The molecule has 4 heterocycles. The van der Waals surface area contributed by atoms with Crippen molar-refractivity contribution in [3.8, 4) is 0 Å². The van der Waals surface area contributed by atoms with Crippen LogP contribution in [0.3, 0.4) is 0 Å². The Morgan fingerprint density at radius 1 is 0.364 bits per heavy atom. The molecule has 784 valence electrons. The molecule has 4 fully saturated rings. The van der Waals surface area contributed by atoms with Gasteiger partial charge in [0.15, 0.2) is 0 Å². The van der Waals surface area contributed by atoms with Crippen LogP contribution < -0.4 is 70.8 Å². The average Bonchev–Trinajstić information content (AvgIpc) is 0.795. The second-order valence-electron chi connectivity index (χ2n) is 39.4. The number of nitrogens with one attached hydrogen (secondary N) is 3. The van der Waals surface area contributed by atoms with Crippen LogP contribution in [0.25, 0.3) is 0 Å². The van der Waals surface area contributed by atoms with Crippen LogP contribution in [-0.4, -0.2) is 123 Å². The first-order chi connectivity index (χ1) is 66.6. The number of carbonyl (C=O) groups is 4. The third kappa shape index (κ3) is 40.2. The van der Waals surface area contributed by atoms with Gasteiger partial charge in [-0.15, -0.1) is 0 Å². The molecule has 0 unspecified atom stereocenters. The number of nitrogens with two attached hydrogens (primary N) is 1. The first-order valence-electron chi connectivity index (χ1n) is 49.8. The molecule has 4 aliphatic carbocycles. The maximum absolute atomic E-state index is 13.0. The molecule has 12 rings (SSSR count). The van der Waals surface area contributed by atoms with Gasteiger partial charge in [0.25, 0.3) is 0 Å². The van der Waals surface area contributed by atoms with Gasteiger partial charge in [0.05, 0.1) is 107 Å². The standard InChI is InChI=1S/C28H38F3N3O2.2C26H34F3N3O2.C22H36N2O2.C6H3ClF3N.Na.H2O/c1-5-36-27(35)15-20(4)21-11-13-25(34(18-19(2)3)23-9-7-6-8-10-23)24(16-21)33-26-14-12-22(17-32-26)28(29,30)31;2*1-17(2)16-32(21-7-5-4-6-8-21)23-11-9-19(18(3)13-25(33)34)14-22(23)31-24-12-10-20(15-30-24)26(27,28)29;1-5-26-22(25)13-17(4)18-11-12-21(20(23)14-18)24(15-16(2)3)19-9-7-6-8-10-19;7-5-2-1-4(3-11-5)6(8,9)10;;/h11-14,16-17,19-20,23H,5-10,15,18H2,1-4H3,(H,32,33);2*9-12,14-15,17-18,21H,4-8,13,16H2,1-3H3,(H,30,31)(H,33,34);11-12,14,16-17,19H,5-10,13,15,23H2,1-4H3;1-3H;;1H2/q;;;;;+1;/p-1/t20-;2*18-;17-;;;/m1111.../s1. The minimum Gasteiger partial charge on any atom is -0.870 e. The second-order valence-corrected chi connectivity index (χ2v) is 39.7. The van der Waals surface area contributed by atoms with E-state index in [0.29, 0.717) is 91.1 Å². The largest absolute Gasteiger partial charge is 1.00 e. The van der Waals surface area contributed by atoms with Crippen LogP contribution in [0.5, 0.6) is 0 Å². The molecule has 4 atom stereocenters. The molecule has 35 heteroatoms. The van der Waals surface area contributed by atoms with E-state index in [2.05, 4.69) is 142 Å². The van der Waals surface area contributed by atoms with Gasteiger partial charge in [-0.2, -0.15) is 52.7 Å². The average molecular weight is 2040 g/mol. The van der Waals surface area contributed by atoms with Gasteiger partial charge >= 0.3 is 78.1 Å². The Hall–Kier alpha value is -9.83. The van der Waals surface area contributed by atoms with E-state index in [1.807, 2.05) is 76.2 Å². The topological polar surface area (TPSA) is 284 Å².